The lowest BCUT2D eigenvalue weighted by atomic mass is 9.75. The van der Waals surface area contributed by atoms with E-state index in [4.69, 9.17) is 11.6 Å². The third-order valence-electron chi connectivity index (χ3n) is 4.65. The third kappa shape index (κ3) is 3.16. The summed E-state index contributed by atoms with van der Waals surface area (Å²) in [6.07, 6.45) is 5.11. The highest BCUT2D eigenvalue weighted by Crippen LogP contribution is 2.36. The Balaban J connectivity index is 2.20. The number of aliphatic hydroxyl groups excluding tert-OH is 1. The van der Waals surface area contributed by atoms with Crippen molar-refractivity contribution in [2.75, 3.05) is 14.1 Å². The minimum Gasteiger partial charge on any atom is -0.391 e. The molecule has 0 bridgehead atoms. The van der Waals surface area contributed by atoms with E-state index in [9.17, 15) is 9.50 Å². The highest BCUT2D eigenvalue weighted by atomic mass is 35.5. The summed E-state index contributed by atoms with van der Waals surface area (Å²) in [4.78, 5) is 2.11. The van der Waals surface area contributed by atoms with Crippen LogP contribution in [0.1, 0.15) is 37.7 Å². The second kappa shape index (κ2) is 6.42. The van der Waals surface area contributed by atoms with Crippen LogP contribution in [0.5, 0.6) is 0 Å². The summed E-state index contributed by atoms with van der Waals surface area (Å²) in [5.41, 5.74) is 0.254. The van der Waals surface area contributed by atoms with Gasteiger partial charge >= 0.3 is 0 Å². The van der Waals surface area contributed by atoms with Crippen molar-refractivity contribution < 1.29 is 9.50 Å². The van der Waals surface area contributed by atoms with Gasteiger partial charge in [0.1, 0.15) is 5.82 Å². The van der Waals surface area contributed by atoms with Gasteiger partial charge in [0.25, 0.3) is 0 Å². The molecular weight excluding hydrogens is 277 g/mol. The number of hydrogen-bond donors (Lipinski definition) is 1. The molecule has 1 aliphatic carbocycles. The second-order valence-corrected chi connectivity index (χ2v) is 6.45. The summed E-state index contributed by atoms with van der Waals surface area (Å²) in [5, 5.41) is 11.2. The Labute approximate surface area is 125 Å². The lowest BCUT2D eigenvalue weighted by molar-refractivity contribution is -0.0313. The molecule has 2 nitrogen and oxygen atoms in total. The summed E-state index contributed by atoms with van der Waals surface area (Å²) in [6.45, 7) is 0. The predicted molar refractivity (Wildman–Crippen MR) is 80.6 cm³/mol. The van der Waals surface area contributed by atoms with E-state index in [1.54, 1.807) is 6.07 Å². The van der Waals surface area contributed by atoms with Gasteiger partial charge in [-0.2, -0.15) is 0 Å². The minimum absolute atomic E-state index is 0.243. The van der Waals surface area contributed by atoms with E-state index >= 15 is 0 Å². The van der Waals surface area contributed by atoms with Gasteiger partial charge in [0.2, 0.25) is 0 Å². The molecule has 4 heteroatoms. The molecule has 0 amide bonds. The molecule has 1 fully saturated rings. The molecule has 0 aromatic heterocycles. The van der Waals surface area contributed by atoms with Crippen LogP contribution in [-0.4, -0.2) is 35.7 Å². The van der Waals surface area contributed by atoms with Crippen molar-refractivity contribution in [1.29, 1.82) is 0 Å². The van der Waals surface area contributed by atoms with E-state index in [0.717, 1.165) is 25.7 Å². The molecular formula is C16H23ClFNO. The number of halogens is 2. The molecule has 20 heavy (non-hydrogen) atoms. The van der Waals surface area contributed by atoms with Crippen LogP contribution in [-0.2, 0) is 6.42 Å². The quantitative estimate of drug-likeness (QED) is 0.917. The zero-order valence-electron chi connectivity index (χ0n) is 12.2. The van der Waals surface area contributed by atoms with Crippen molar-refractivity contribution in [3.8, 4) is 0 Å². The summed E-state index contributed by atoms with van der Waals surface area (Å²) >= 11 is 5.92. The van der Waals surface area contributed by atoms with Crippen LogP contribution >= 0.6 is 11.6 Å². The van der Waals surface area contributed by atoms with Crippen LogP contribution in [0.25, 0.3) is 0 Å². The highest BCUT2D eigenvalue weighted by molar-refractivity contribution is 6.30. The lowest BCUT2D eigenvalue weighted by Gasteiger charge is -2.46. The zero-order valence-corrected chi connectivity index (χ0v) is 13.0. The Morgan fingerprint density at radius 1 is 1.30 bits per heavy atom. The van der Waals surface area contributed by atoms with E-state index < -0.39 is 6.10 Å². The molecule has 0 radical (unpaired) electrons. The molecule has 1 aliphatic rings. The third-order valence-corrected chi connectivity index (χ3v) is 4.89. The van der Waals surface area contributed by atoms with Gasteiger partial charge in [-0.1, -0.05) is 30.9 Å². The number of rotatable bonds is 4. The fourth-order valence-electron chi connectivity index (χ4n) is 3.34. The average molecular weight is 300 g/mol. The average Bonchev–Trinajstić information content (AvgIpc) is 2.43. The molecule has 112 valence electrons. The van der Waals surface area contributed by atoms with Gasteiger partial charge in [-0.05, 0) is 50.7 Å². The first-order valence-electron chi connectivity index (χ1n) is 7.25. The van der Waals surface area contributed by atoms with Gasteiger partial charge in [0.15, 0.2) is 0 Å². The molecule has 0 aliphatic heterocycles. The molecule has 1 saturated carbocycles. The summed E-state index contributed by atoms with van der Waals surface area (Å²) in [7, 11) is 4.01. The Kier molecular flexibility index (Phi) is 5.05. The Hall–Kier alpha value is -0.640. The fourth-order valence-corrected chi connectivity index (χ4v) is 3.54. The molecule has 0 spiro atoms. The predicted octanol–water partition coefficient (Wildman–Crippen LogP) is 3.65. The number of hydrogen-bond acceptors (Lipinski definition) is 2. The normalized spacial score (nSPS) is 20.1. The number of aliphatic hydroxyl groups is 1. The van der Waals surface area contributed by atoms with Gasteiger partial charge in [0, 0.05) is 17.0 Å². The molecule has 1 aromatic carbocycles. The molecule has 2 rings (SSSR count). The second-order valence-electron chi connectivity index (χ2n) is 6.01. The van der Waals surface area contributed by atoms with Crippen LogP contribution in [0.3, 0.4) is 0 Å². The molecule has 1 unspecified atom stereocenters. The van der Waals surface area contributed by atoms with Crippen LogP contribution in [0.2, 0.25) is 5.02 Å². The first-order valence-corrected chi connectivity index (χ1v) is 7.63. The van der Waals surface area contributed by atoms with Gasteiger partial charge in [0.05, 0.1) is 6.10 Å². The fraction of sp³-hybridized carbons (Fsp3) is 0.625. The van der Waals surface area contributed by atoms with E-state index in [0.29, 0.717) is 17.0 Å². The first kappa shape index (κ1) is 15.7. The monoisotopic (exact) mass is 299 g/mol. The Morgan fingerprint density at radius 3 is 2.55 bits per heavy atom. The minimum atomic E-state index is -0.578. The van der Waals surface area contributed by atoms with Gasteiger partial charge in [-0.25, -0.2) is 4.39 Å². The maximum Gasteiger partial charge on any atom is 0.126 e. The summed E-state index contributed by atoms with van der Waals surface area (Å²) < 4.78 is 13.8. The summed E-state index contributed by atoms with van der Waals surface area (Å²) in [5.74, 6) is -0.293. The molecule has 1 aromatic rings. The summed E-state index contributed by atoms with van der Waals surface area (Å²) in [6, 6.07) is 4.52. The van der Waals surface area contributed by atoms with Crippen molar-refractivity contribution in [2.45, 2.75) is 50.2 Å². The highest BCUT2D eigenvalue weighted by Gasteiger charge is 2.41. The topological polar surface area (TPSA) is 23.5 Å². The molecule has 0 saturated heterocycles. The van der Waals surface area contributed by atoms with E-state index in [1.807, 2.05) is 14.1 Å². The largest absolute Gasteiger partial charge is 0.391 e. The maximum atomic E-state index is 13.8. The van der Waals surface area contributed by atoms with Gasteiger partial charge in [-0.3, -0.25) is 0 Å². The van der Waals surface area contributed by atoms with Gasteiger partial charge < -0.3 is 10.0 Å². The SMILES string of the molecule is CN(C)C1(C(O)Cc2cc(Cl)ccc2F)CCCCC1. The van der Waals surface area contributed by atoms with E-state index in [1.165, 1.54) is 18.6 Å². The van der Waals surface area contributed by atoms with Crippen molar-refractivity contribution in [3.05, 3.63) is 34.6 Å². The van der Waals surface area contributed by atoms with E-state index in [-0.39, 0.29) is 11.4 Å². The Bertz CT molecular complexity index is 458. The number of likely N-dealkylation sites (N-methyl/N-ethyl adjacent to an activating group) is 1. The first-order chi connectivity index (χ1) is 9.45. The maximum absolute atomic E-state index is 13.8. The zero-order chi connectivity index (χ0) is 14.8. The standard InChI is InChI=1S/C16H23ClFNO/c1-19(2)16(8-4-3-5-9-16)15(20)11-12-10-13(17)6-7-14(12)18/h6-7,10,15,20H,3-5,8-9,11H2,1-2H3. The lowest BCUT2D eigenvalue weighted by Crippen LogP contribution is -2.55. The van der Waals surface area contributed by atoms with Crippen molar-refractivity contribution in [2.24, 2.45) is 0 Å². The van der Waals surface area contributed by atoms with Crippen LogP contribution in [0.15, 0.2) is 18.2 Å². The van der Waals surface area contributed by atoms with Crippen LogP contribution in [0.4, 0.5) is 4.39 Å². The molecule has 1 N–H and O–H groups in total. The number of benzene rings is 1. The van der Waals surface area contributed by atoms with E-state index in [2.05, 4.69) is 4.90 Å². The smallest absolute Gasteiger partial charge is 0.126 e. The molecule has 1 atom stereocenters. The van der Waals surface area contributed by atoms with Crippen LogP contribution < -0.4 is 0 Å². The van der Waals surface area contributed by atoms with Crippen molar-refractivity contribution >= 4 is 11.6 Å². The Morgan fingerprint density at radius 2 is 1.95 bits per heavy atom. The van der Waals surface area contributed by atoms with Crippen molar-refractivity contribution in [3.63, 3.8) is 0 Å². The molecule has 0 heterocycles. The number of nitrogens with zero attached hydrogens (tertiary/aromatic N) is 1. The van der Waals surface area contributed by atoms with Gasteiger partial charge in [-0.15, -0.1) is 0 Å². The van der Waals surface area contributed by atoms with Crippen LogP contribution in [0, 0.1) is 5.82 Å². The van der Waals surface area contributed by atoms with Crippen molar-refractivity contribution in [1.82, 2.24) is 4.90 Å².